The molecule has 1 unspecified atom stereocenters. The molecule has 0 aliphatic heterocycles. The first-order valence-electron chi connectivity index (χ1n) is 6.40. The van der Waals surface area contributed by atoms with Crippen molar-refractivity contribution in [3.05, 3.63) is 37.5 Å². The molecule has 0 rings (SSSR count). The number of hydrogen-bond donors (Lipinski definition) is 0. The second-order valence-corrected chi connectivity index (χ2v) is 3.87. The number of allylic oxidation sites excluding steroid dienone is 3. The van der Waals surface area contributed by atoms with Gasteiger partial charge in [-0.05, 0) is 25.2 Å². The summed E-state index contributed by atoms with van der Waals surface area (Å²) in [6.45, 7) is 22.7. The van der Waals surface area contributed by atoms with Crippen LogP contribution in [0.5, 0.6) is 0 Å². The SMILES string of the molecule is C=C.C=C/C(=C\C)C(C)CCC(C)C.CC. The maximum absolute atomic E-state index is 3.81. The Morgan fingerprint density at radius 3 is 1.75 bits per heavy atom. The van der Waals surface area contributed by atoms with Crippen molar-refractivity contribution < 1.29 is 0 Å². The Labute approximate surface area is 104 Å². The molecule has 0 saturated carbocycles. The summed E-state index contributed by atoms with van der Waals surface area (Å²) in [5.74, 6) is 1.49. The van der Waals surface area contributed by atoms with Gasteiger partial charge in [0.2, 0.25) is 0 Å². The Balaban J connectivity index is -0.000000376. The average Bonchev–Trinajstić information content (AvgIpc) is 2.33. The van der Waals surface area contributed by atoms with Crippen molar-refractivity contribution in [1.82, 2.24) is 0 Å². The van der Waals surface area contributed by atoms with Gasteiger partial charge < -0.3 is 0 Å². The fraction of sp³-hybridized carbons (Fsp3) is 0.625. The topological polar surface area (TPSA) is 0 Å². The molecule has 0 aromatic rings. The van der Waals surface area contributed by atoms with Crippen molar-refractivity contribution in [1.29, 1.82) is 0 Å². The smallest absolute Gasteiger partial charge is 0.0194 e. The molecule has 0 fully saturated rings. The molecule has 0 spiro atoms. The van der Waals surface area contributed by atoms with Gasteiger partial charge in [0.1, 0.15) is 0 Å². The van der Waals surface area contributed by atoms with Gasteiger partial charge in [-0.25, -0.2) is 0 Å². The minimum atomic E-state index is 0.676. The average molecular weight is 224 g/mol. The van der Waals surface area contributed by atoms with Gasteiger partial charge in [-0.15, -0.1) is 13.2 Å². The first-order valence-corrected chi connectivity index (χ1v) is 6.40. The van der Waals surface area contributed by atoms with Gasteiger partial charge in [0.15, 0.2) is 0 Å². The lowest BCUT2D eigenvalue weighted by Crippen LogP contribution is -1.99. The highest BCUT2D eigenvalue weighted by molar-refractivity contribution is 5.17. The van der Waals surface area contributed by atoms with Crippen LogP contribution in [-0.4, -0.2) is 0 Å². The summed E-state index contributed by atoms with van der Waals surface area (Å²) in [7, 11) is 0. The molecule has 0 radical (unpaired) electrons. The van der Waals surface area contributed by atoms with Gasteiger partial charge in [0.05, 0.1) is 0 Å². The molecule has 0 aliphatic carbocycles. The highest BCUT2D eigenvalue weighted by Gasteiger charge is 2.05. The van der Waals surface area contributed by atoms with Crippen molar-refractivity contribution >= 4 is 0 Å². The van der Waals surface area contributed by atoms with E-state index in [0.29, 0.717) is 5.92 Å². The Morgan fingerprint density at radius 1 is 1.06 bits per heavy atom. The van der Waals surface area contributed by atoms with Crippen LogP contribution in [0.4, 0.5) is 0 Å². The second-order valence-electron chi connectivity index (χ2n) is 3.87. The van der Waals surface area contributed by atoms with Crippen LogP contribution in [-0.2, 0) is 0 Å². The van der Waals surface area contributed by atoms with E-state index in [2.05, 4.69) is 53.5 Å². The highest BCUT2D eigenvalue weighted by Crippen LogP contribution is 2.19. The first kappa shape index (κ1) is 20.6. The fourth-order valence-corrected chi connectivity index (χ4v) is 1.35. The van der Waals surface area contributed by atoms with Crippen LogP contribution in [0.3, 0.4) is 0 Å². The van der Waals surface area contributed by atoms with E-state index >= 15 is 0 Å². The number of hydrogen-bond acceptors (Lipinski definition) is 0. The van der Waals surface area contributed by atoms with Gasteiger partial charge in [-0.2, -0.15) is 0 Å². The number of rotatable bonds is 5. The van der Waals surface area contributed by atoms with Crippen LogP contribution in [0.15, 0.2) is 37.5 Å². The summed E-state index contributed by atoms with van der Waals surface area (Å²) in [5.41, 5.74) is 1.38. The molecular formula is C16H32. The lowest BCUT2D eigenvalue weighted by molar-refractivity contribution is 0.493. The summed E-state index contributed by atoms with van der Waals surface area (Å²) in [5, 5.41) is 0. The molecule has 0 amide bonds. The van der Waals surface area contributed by atoms with Crippen LogP contribution in [0.1, 0.15) is 54.4 Å². The van der Waals surface area contributed by atoms with Crippen LogP contribution in [0.2, 0.25) is 0 Å². The minimum absolute atomic E-state index is 0.676. The molecule has 0 saturated heterocycles. The van der Waals surface area contributed by atoms with Gasteiger partial charge >= 0.3 is 0 Å². The molecular weight excluding hydrogens is 192 g/mol. The van der Waals surface area contributed by atoms with Crippen molar-refractivity contribution in [3.63, 3.8) is 0 Å². The zero-order chi connectivity index (χ0) is 13.6. The summed E-state index contributed by atoms with van der Waals surface area (Å²) >= 11 is 0. The summed E-state index contributed by atoms with van der Waals surface area (Å²) < 4.78 is 0. The van der Waals surface area contributed by atoms with Gasteiger partial charge in [0.25, 0.3) is 0 Å². The van der Waals surface area contributed by atoms with E-state index in [1.165, 1.54) is 18.4 Å². The Hall–Kier alpha value is -0.780. The van der Waals surface area contributed by atoms with E-state index < -0.39 is 0 Å². The molecule has 0 aromatic heterocycles. The predicted octanol–water partition coefficient (Wildman–Crippen LogP) is 6.02. The zero-order valence-electron chi connectivity index (χ0n) is 12.3. The molecule has 0 N–H and O–H groups in total. The molecule has 96 valence electrons. The summed E-state index contributed by atoms with van der Waals surface area (Å²) in [4.78, 5) is 0. The maximum Gasteiger partial charge on any atom is -0.0194 e. The van der Waals surface area contributed by atoms with E-state index in [1.807, 2.05) is 19.9 Å². The normalized spacial score (nSPS) is 11.8. The molecule has 0 heteroatoms. The quantitative estimate of drug-likeness (QED) is 0.396. The van der Waals surface area contributed by atoms with Crippen LogP contribution >= 0.6 is 0 Å². The molecule has 0 bridgehead atoms. The lowest BCUT2D eigenvalue weighted by Gasteiger charge is -2.13. The zero-order valence-corrected chi connectivity index (χ0v) is 12.3. The van der Waals surface area contributed by atoms with Crippen LogP contribution in [0.25, 0.3) is 0 Å². The molecule has 0 aliphatic rings. The van der Waals surface area contributed by atoms with Crippen molar-refractivity contribution in [2.75, 3.05) is 0 Å². The van der Waals surface area contributed by atoms with E-state index in [-0.39, 0.29) is 0 Å². The van der Waals surface area contributed by atoms with E-state index in [4.69, 9.17) is 0 Å². The monoisotopic (exact) mass is 224 g/mol. The van der Waals surface area contributed by atoms with E-state index in [1.54, 1.807) is 0 Å². The second kappa shape index (κ2) is 16.6. The van der Waals surface area contributed by atoms with Crippen LogP contribution < -0.4 is 0 Å². The molecule has 1 atom stereocenters. The lowest BCUT2D eigenvalue weighted by atomic mass is 9.93. The first-order chi connectivity index (χ1) is 7.61. The Bertz CT molecular complexity index is 163. The third-order valence-electron chi connectivity index (χ3n) is 2.32. The minimum Gasteiger partial charge on any atom is -0.106 e. The third kappa shape index (κ3) is 13.2. The van der Waals surface area contributed by atoms with E-state index in [9.17, 15) is 0 Å². The van der Waals surface area contributed by atoms with Crippen LogP contribution in [0, 0.1) is 11.8 Å². The maximum atomic E-state index is 3.81. The Kier molecular flexibility index (Phi) is 21.4. The highest BCUT2D eigenvalue weighted by atomic mass is 14.1. The van der Waals surface area contributed by atoms with Gasteiger partial charge in [-0.1, -0.05) is 65.3 Å². The van der Waals surface area contributed by atoms with Crippen molar-refractivity contribution in [2.24, 2.45) is 11.8 Å². The van der Waals surface area contributed by atoms with Crippen molar-refractivity contribution in [3.8, 4) is 0 Å². The standard InChI is InChI=1S/C12H22.C2H6.C2H4/c1-6-12(7-2)11(5)9-8-10(3)4;2*1-2/h6-7,10-11H,1,8-9H2,2-5H3;1-2H3;1-2H2/b12-7+;;. The largest absolute Gasteiger partial charge is 0.106 e. The summed E-state index contributed by atoms with van der Waals surface area (Å²) in [6.07, 6.45) is 6.73. The third-order valence-corrected chi connectivity index (χ3v) is 2.32. The molecule has 0 aromatic carbocycles. The Morgan fingerprint density at radius 2 is 1.50 bits per heavy atom. The van der Waals surface area contributed by atoms with Crippen molar-refractivity contribution in [2.45, 2.75) is 54.4 Å². The summed E-state index contributed by atoms with van der Waals surface area (Å²) in [6, 6.07) is 0. The fourth-order valence-electron chi connectivity index (χ4n) is 1.35. The van der Waals surface area contributed by atoms with Gasteiger partial charge in [0, 0.05) is 0 Å². The van der Waals surface area contributed by atoms with E-state index in [0.717, 1.165) is 5.92 Å². The molecule has 16 heavy (non-hydrogen) atoms. The van der Waals surface area contributed by atoms with Gasteiger partial charge in [-0.3, -0.25) is 0 Å². The molecule has 0 nitrogen and oxygen atoms in total. The molecule has 0 heterocycles. The predicted molar refractivity (Wildman–Crippen MR) is 79.8 cm³/mol.